The summed E-state index contributed by atoms with van der Waals surface area (Å²) in [7, 11) is 5.91. The van der Waals surface area contributed by atoms with Crippen molar-refractivity contribution in [2.75, 3.05) is 34.3 Å². The summed E-state index contributed by atoms with van der Waals surface area (Å²) in [6, 6.07) is 6.96. The number of hydrogen-bond donors (Lipinski definition) is 1. The van der Waals surface area contributed by atoms with Gasteiger partial charge < -0.3 is 10.1 Å². The minimum absolute atomic E-state index is 0.401. The molecule has 0 bridgehead atoms. The molecule has 19 heavy (non-hydrogen) atoms. The van der Waals surface area contributed by atoms with Crippen molar-refractivity contribution in [3.63, 3.8) is 0 Å². The molecule has 0 amide bonds. The normalized spacial score (nSPS) is 13.1. The van der Waals surface area contributed by atoms with E-state index in [0.29, 0.717) is 12.0 Å². The predicted octanol–water partition coefficient (Wildman–Crippen LogP) is 3.03. The van der Waals surface area contributed by atoms with Gasteiger partial charge in [0.25, 0.3) is 0 Å². The second kappa shape index (κ2) is 7.51. The highest BCUT2D eigenvalue weighted by Crippen LogP contribution is 2.30. The van der Waals surface area contributed by atoms with Crippen LogP contribution in [0.15, 0.2) is 18.2 Å². The number of benzene rings is 1. The Morgan fingerprint density at radius 1 is 1.32 bits per heavy atom. The molecule has 108 valence electrons. The molecule has 0 fully saturated rings. The fourth-order valence-corrected chi connectivity index (χ4v) is 2.35. The molecule has 1 aromatic rings. The van der Waals surface area contributed by atoms with Crippen molar-refractivity contribution in [1.29, 1.82) is 0 Å². The monoisotopic (exact) mass is 264 g/mol. The minimum atomic E-state index is 0.401. The van der Waals surface area contributed by atoms with E-state index in [2.05, 4.69) is 56.2 Å². The number of methoxy groups -OCH3 is 1. The van der Waals surface area contributed by atoms with Crippen LogP contribution >= 0.6 is 0 Å². The smallest absolute Gasteiger partial charge is 0.122 e. The highest BCUT2D eigenvalue weighted by Gasteiger charge is 2.17. The van der Waals surface area contributed by atoms with Gasteiger partial charge in [-0.3, -0.25) is 4.90 Å². The lowest BCUT2D eigenvalue weighted by molar-refractivity contribution is 0.253. The molecule has 1 unspecified atom stereocenters. The maximum atomic E-state index is 5.46. The van der Waals surface area contributed by atoms with Gasteiger partial charge in [0.15, 0.2) is 0 Å². The van der Waals surface area contributed by atoms with Gasteiger partial charge in [0, 0.05) is 12.6 Å². The van der Waals surface area contributed by atoms with Crippen LogP contribution in [0.3, 0.4) is 0 Å². The molecular formula is C16H28N2O. The summed E-state index contributed by atoms with van der Waals surface area (Å²) in [5, 5.41) is 3.29. The highest BCUT2D eigenvalue weighted by atomic mass is 16.5. The van der Waals surface area contributed by atoms with E-state index >= 15 is 0 Å². The second-order valence-corrected chi connectivity index (χ2v) is 5.30. The van der Waals surface area contributed by atoms with Crippen LogP contribution in [0, 0.1) is 0 Å². The first kappa shape index (κ1) is 16.0. The Kier molecular flexibility index (Phi) is 6.32. The van der Waals surface area contributed by atoms with Crippen LogP contribution in [0.4, 0.5) is 0 Å². The molecule has 0 heterocycles. The average molecular weight is 264 g/mol. The first-order valence-electron chi connectivity index (χ1n) is 7.07. The zero-order chi connectivity index (χ0) is 14.4. The molecule has 0 aliphatic heterocycles. The Balaban J connectivity index is 3.13. The van der Waals surface area contributed by atoms with Gasteiger partial charge in [-0.1, -0.05) is 32.9 Å². The minimum Gasteiger partial charge on any atom is -0.496 e. The first-order chi connectivity index (χ1) is 9.04. The maximum Gasteiger partial charge on any atom is 0.122 e. The highest BCUT2D eigenvalue weighted by molar-refractivity contribution is 5.40. The lowest BCUT2D eigenvalue weighted by atomic mass is 9.96. The van der Waals surface area contributed by atoms with Gasteiger partial charge in [-0.25, -0.2) is 0 Å². The van der Waals surface area contributed by atoms with E-state index < -0.39 is 0 Å². The van der Waals surface area contributed by atoms with Gasteiger partial charge in [-0.05, 0) is 43.8 Å². The van der Waals surface area contributed by atoms with Gasteiger partial charge >= 0.3 is 0 Å². The Morgan fingerprint density at radius 2 is 2.00 bits per heavy atom. The molecule has 0 saturated heterocycles. The fraction of sp³-hybridized carbons (Fsp3) is 0.625. The largest absolute Gasteiger partial charge is 0.496 e. The van der Waals surface area contributed by atoms with Crippen LogP contribution in [0.2, 0.25) is 0 Å². The van der Waals surface area contributed by atoms with Crippen molar-refractivity contribution < 1.29 is 4.74 Å². The third-order valence-corrected chi connectivity index (χ3v) is 3.69. The molecule has 0 radical (unpaired) electrons. The Bertz CT molecular complexity index is 390. The molecule has 3 heteroatoms. The molecule has 0 saturated carbocycles. The molecule has 0 aliphatic rings. The van der Waals surface area contributed by atoms with Crippen LogP contribution in [0.5, 0.6) is 5.75 Å². The standard InChI is InChI=1S/C16H28N2O/c1-7-18(5)15(11-17-4)13-8-9-16(19-6)14(10-13)12(2)3/h8-10,12,15,17H,7,11H2,1-6H3. The van der Waals surface area contributed by atoms with E-state index in [1.54, 1.807) is 7.11 Å². The second-order valence-electron chi connectivity index (χ2n) is 5.30. The maximum absolute atomic E-state index is 5.46. The summed E-state index contributed by atoms with van der Waals surface area (Å²) in [6.45, 7) is 8.59. The van der Waals surface area contributed by atoms with E-state index in [-0.39, 0.29) is 0 Å². The van der Waals surface area contributed by atoms with Crippen molar-refractivity contribution >= 4 is 0 Å². The van der Waals surface area contributed by atoms with E-state index in [1.165, 1.54) is 11.1 Å². The van der Waals surface area contributed by atoms with Crippen molar-refractivity contribution in [2.45, 2.75) is 32.7 Å². The van der Waals surface area contributed by atoms with Gasteiger partial charge in [-0.2, -0.15) is 0 Å². The van der Waals surface area contributed by atoms with E-state index in [9.17, 15) is 0 Å². The summed E-state index contributed by atoms with van der Waals surface area (Å²) in [5.41, 5.74) is 2.63. The van der Waals surface area contributed by atoms with E-state index in [1.807, 2.05) is 7.05 Å². The molecular weight excluding hydrogens is 236 g/mol. The number of hydrogen-bond acceptors (Lipinski definition) is 3. The number of rotatable bonds is 7. The topological polar surface area (TPSA) is 24.5 Å². The Labute approximate surface area is 118 Å². The van der Waals surface area contributed by atoms with Crippen molar-refractivity contribution in [3.05, 3.63) is 29.3 Å². The Hall–Kier alpha value is -1.06. The fourth-order valence-electron chi connectivity index (χ4n) is 2.35. The van der Waals surface area contributed by atoms with Gasteiger partial charge in [0.2, 0.25) is 0 Å². The number of nitrogens with zero attached hydrogens (tertiary/aromatic N) is 1. The number of ether oxygens (including phenoxy) is 1. The molecule has 1 atom stereocenters. The molecule has 1 aromatic carbocycles. The van der Waals surface area contributed by atoms with E-state index in [4.69, 9.17) is 4.74 Å². The summed E-state index contributed by atoms with van der Waals surface area (Å²) in [5.74, 6) is 1.46. The van der Waals surface area contributed by atoms with Crippen molar-refractivity contribution in [3.8, 4) is 5.75 Å². The lowest BCUT2D eigenvalue weighted by Gasteiger charge is -2.28. The van der Waals surface area contributed by atoms with Crippen LogP contribution in [-0.4, -0.2) is 39.2 Å². The van der Waals surface area contributed by atoms with Gasteiger partial charge in [0.1, 0.15) is 5.75 Å². The van der Waals surface area contributed by atoms with Crippen LogP contribution in [-0.2, 0) is 0 Å². The average Bonchev–Trinajstić information content (AvgIpc) is 2.43. The zero-order valence-electron chi connectivity index (χ0n) is 13.2. The van der Waals surface area contributed by atoms with E-state index in [0.717, 1.165) is 18.8 Å². The third kappa shape index (κ3) is 3.95. The van der Waals surface area contributed by atoms with Crippen molar-refractivity contribution in [2.24, 2.45) is 0 Å². The van der Waals surface area contributed by atoms with Gasteiger partial charge in [0.05, 0.1) is 7.11 Å². The zero-order valence-corrected chi connectivity index (χ0v) is 13.2. The van der Waals surface area contributed by atoms with Crippen molar-refractivity contribution in [1.82, 2.24) is 10.2 Å². The number of likely N-dealkylation sites (N-methyl/N-ethyl adjacent to an activating group) is 2. The summed E-state index contributed by atoms with van der Waals surface area (Å²) in [4.78, 5) is 2.36. The predicted molar refractivity (Wildman–Crippen MR) is 82.1 cm³/mol. The Morgan fingerprint density at radius 3 is 2.47 bits per heavy atom. The third-order valence-electron chi connectivity index (χ3n) is 3.69. The molecule has 1 rings (SSSR count). The molecule has 3 nitrogen and oxygen atoms in total. The first-order valence-corrected chi connectivity index (χ1v) is 7.07. The molecule has 0 aromatic heterocycles. The molecule has 0 spiro atoms. The molecule has 1 N–H and O–H groups in total. The molecule has 0 aliphatic carbocycles. The van der Waals surface area contributed by atoms with Crippen LogP contribution < -0.4 is 10.1 Å². The summed E-state index contributed by atoms with van der Waals surface area (Å²) in [6.07, 6.45) is 0. The number of nitrogens with one attached hydrogen (secondary N) is 1. The quantitative estimate of drug-likeness (QED) is 0.819. The summed E-state index contributed by atoms with van der Waals surface area (Å²) >= 11 is 0. The SMILES string of the molecule is CCN(C)C(CNC)c1ccc(OC)c(C(C)C)c1. The lowest BCUT2D eigenvalue weighted by Crippen LogP contribution is -2.32. The van der Waals surface area contributed by atoms with Crippen LogP contribution in [0.25, 0.3) is 0 Å². The van der Waals surface area contributed by atoms with Crippen LogP contribution in [0.1, 0.15) is 43.9 Å². The van der Waals surface area contributed by atoms with Gasteiger partial charge in [-0.15, -0.1) is 0 Å². The summed E-state index contributed by atoms with van der Waals surface area (Å²) < 4.78 is 5.46.